The second-order valence-electron chi connectivity index (χ2n) is 4.73. The van der Waals surface area contributed by atoms with Crippen molar-refractivity contribution in [3.05, 3.63) is 63.6 Å². The van der Waals surface area contributed by atoms with Crippen LogP contribution in [0.4, 0.5) is 0 Å². The van der Waals surface area contributed by atoms with Gasteiger partial charge in [-0.2, -0.15) is 0 Å². The highest BCUT2D eigenvalue weighted by atomic mass is 35.5. The normalized spacial score (nSPS) is 12.4. The zero-order valence-electron chi connectivity index (χ0n) is 12.6. The summed E-state index contributed by atoms with van der Waals surface area (Å²) in [5.41, 5.74) is 1.08. The topological polar surface area (TPSA) is 39.9 Å². The molecule has 2 aromatic heterocycles. The summed E-state index contributed by atoms with van der Waals surface area (Å²) in [7, 11) is 0. The first-order valence-electron chi connectivity index (χ1n) is 7.21. The van der Waals surface area contributed by atoms with Gasteiger partial charge in [0.2, 0.25) is 0 Å². The number of benzene rings is 1. The van der Waals surface area contributed by atoms with Gasteiger partial charge >= 0.3 is 0 Å². The first kappa shape index (κ1) is 16.5. The second-order valence-corrected chi connectivity index (χ2v) is 7.48. The fraction of sp³-hybridized carbons (Fsp3) is 0.250. The van der Waals surface area contributed by atoms with Gasteiger partial charge < -0.3 is 4.74 Å². The predicted molar refractivity (Wildman–Crippen MR) is 95.1 cm³/mol. The molecular formula is C16H16ClN3OS2. The van der Waals surface area contributed by atoms with Gasteiger partial charge in [0.1, 0.15) is 6.33 Å². The molecule has 2 heterocycles. The van der Waals surface area contributed by atoms with Crippen molar-refractivity contribution in [3.63, 3.8) is 0 Å². The van der Waals surface area contributed by atoms with Gasteiger partial charge in [-0.25, -0.2) is 0 Å². The molecule has 0 N–H and O–H groups in total. The lowest BCUT2D eigenvalue weighted by atomic mass is 10.2. The van der Waals surface area contributed by atoms with Crippen LogP contribution in [0.3, 0.4) is 0 Å². The quantitative estimate of drug-likeness (QED) is 0.560. The van der Waals surface area contributed by atoms with Crippen LogP contribution < -0.4 is 0 Å². The van der Waals surface area contributed by atoms with Crippen LogP contribution in [-0.2, 0) is 10.5 Å². The third-order valence-electron chi connectivity index (χ3n) is 3.17. The molecule has 0 amide bonds. The van der Waals surface area contributed by atoms with Gasteiger partial charge in [-0.05, 0) is 19.1 Å². The molecule has 1 aromatic carbocycles. The summed E-state index contributed by atoms with van der Waals surface area (Å²) >= 11 is 9.20. The van der Waals surface area contributed by atoms with Gasteiger partial charge in [0.15, 0.2) is 11.4 Å². The summed E-state index contributed by atoms with van der Waals surface area (Å²) in [6.45, 7) is 2.60. The first-order valence-corrected chi connectivity index (χ1v) is 9.39. The van der Waals surface area contributed by atoms with Gasteiger partial charge in [0, 0.05) is 22.8 Å². The van der Waals surface area contributed by atoms with Crippen molar-refractivity contribution < 1.29 is 4.74 Å². The molecule has 23 heavy (non-hydrogen) atoms. The lowest BCUT2D eigenvalue weighted by molar-refractivity contribution is 0.0349. The fourth-order valence-electron chi connectivity index (χ4n) is 2.17. The molecule has 0 bridgehead atoms. The average Bonchev–Trinajstić information content (AvgIpc) is 3.20. The van der Waals surface area contributed by atoms with E-state index in [1.54, 1.807) is 29.4 Å². The van der Waals surface area contributed by atoms with Crippen molar-refractivity contribution in [3.8, 4) is 0 Å². The summed E-state index contributed by atoms with van der Waals surface area (Å²) in [4.78, 5) is 1.21. The highest BCUT2D eigenvalue weighted by Crippen LogP contribution is 2.30. The van der Waals surface area contributed by atoms with Gasteiger partial charge in [0.05, 0.1) is 4.34 Å². The Morgan fingerprint density at radius 1 is 1.26 bits per heavy atom. The Kier molecular flexibility index (Phi) is 5.72. The molecule has 1 atom stereocenters. The summed E-state index contributed by atoms with van der Waals surface area (Å²) in [5.74, 6) is 0.809. The summed E-state index contributed by atoms with van der Waals surface area (Å²) in [5, 5.41) is 9.12. The zero-order chi connectivity index (χ0) is 16.1. The fourth-order valence-corrected chi connectivity index (χ4v) is 4.23. The lowest BCUT2D eigenvalue weighted by Crippen LogP contribution is -2.14. The Morgan fingerprint density at radius 2 is 2.09 bits per heavy atom. The molecule has 0 fully saturated rings. The molecule has 3 aromatic rings. The highest BCUT2D eigenvalue weighted by molar-refractivity contribution is 7.98. The minimum atomic E-state index is -0.217. The van der Waals surface area contributed by atoms with Crippen LogP contribution in [0, 0.1) is 0 Å². The third kappa shape index (κ3) is 4.14. The molecule has 1 unspecified atom stereocenters. The van der Waals surface area contributed by atoms with Crippen molar-refractivity contribution in [2.24, 2.45) is 0 Å². The van der Waals surface area contributed by atoms with Crippen molar-refractivity contribution in [2.75, 3.05) is 6.61 Å². The number of hydrogen-bond acceptors (Lipinski definition) is 5. The maximum atomic E-state index is 5.98. The smallest absolute Gasteiger partial charge is 0.193 e. The largest absolute Gasteiger partial charge is 0.354 e. The SMILES string of the molecule is CCOC(c1ccccc1)n1cnnc1SCc1ccc(Cl)s1. The number of nitrogens with zero attached hydrogens (tertiary/aromatic N) is 3. The van der Waals surface area contributed by atoms with Crippen LogP contribution in [0.15, 0.2) is 53.9 Å². The molecule has 0 aliphatic heterocycles. The molecule has 120 valence electrons. The lowest BCUT2D eigenvalue weighted by Gasteiger charge is -2.20. The molecule has 0 saturated heterocycles. The Balaban J connectivity index is 1.80. The minimum Gasteiger partial charge on any atom is -0.354 e. The van der Waals surface area contributed by atoms with E-state index in [2.05, 4.69) is 10.2 Å². The van der Waals surface area contributed by atoms with Crippen molar-refractivity contribution in [1.29, 1.82) is 0 Å². The first-order chi connectivity index (χ1) is 11.3. The van der Waals surface area contributed by atoms with Gasteiger partial charge in [0.25, 0.3) is 0 Å². The highest BCUT2D eigenvalue weighted by Gasteiger charge is 2.18. The number of thiophene rings is 1. The number of thioether (sulfide) groups is 1. The monoisotopic (exact) mass is 365 g/mol. The number of aromatic nitrogens is 3. The van der Waals surface area contributed by atoms with E-state index in [4.69, 9.17) is 16.3 Å². The van der Waals surface area contributed by atoms with Crippen LogP contribution in [-0.4, -0.2) is 21.4 Å². The molecule has 0 aliphatic carbocycles. The van der Waals surface area contributed by atoms with Crippen molar-refractivity contribution in [2.45, 2.75) is 24.1 Å². The van der Waals surface area contributed by atoms with Gasteiger partial charge in [-0.15, -0.1) is 21.5 Å². The maximum absolute atomic E-state index is 5.98. The number of ether oxygens (including phenoxy) is 1. The third-order valence-corrected chi connectivity index (χ3v) is 5.59. The summed E-state index contributed by atoms with van der Waals surface area (Å²) < 4.78 is 8.70. The van der Waals surface area contributed by atoms with E-state index in [0.717, 1.165) is 20.8 Å². The van der Waals surface area contributed by atoms with E-state index in [9.17, 15) is 0 Å². The average molecular weight is 366 g/mol. The molecule has 4 nitrogen and oxygen atoms in total. The molecule has 0 spiro atoms. The Bertz CT molecular complexity index is 745. The van der Waals surface area contributed by atoms with Gasteiger partial charge in [-0.3, -0.25) is 4.57 Å². The van der Waals surface area contributed by atoms with E-state index in [1.165, 1.54) is 4.88 Å². The van der Waals surface area contributed by atoms with Crippen LogP contribution >= 0.6 is 34.7 Å². The Morgan fingerprint density at radius 3 is 2.78 bits per heavy atom. The minimum absolute atomic E-state index is 0.217. The maximum Gasteiger partial charge on any atom is 0.193 e. The Hall–Kier alpha value is -1.34. The van der Waals surface area contributed by atoms with Crippen molar-refractivity contribution in [1.82, 2.24) is 14.8 Å². The molecule has 0 radical (unpaired) electrons. The summed E-state index contributed by atoms with van der Waals surface area (Å²) in [6.07, 6.45) is 1.50. The molecule has 0 aliphatic rings. The molecule has 3 rings (SSSR count). The predicted octanol–water partition coefficient (Wildman–Crippen LogP) is 4.87. The van der Waals surface area contributed by atoms with Crippen LogP contribution in [0.25, 0.3) is 0 Å². The van der Waals surface area contributed by atoms with E-state index in [0.29, 0.717) is 6.61 Å². The van der Waals surface area contributed by atoms with E-state index < -0.39 is 0 Å². The van der Waals surface area contributed by atoms with E-state index >= 15 is 0 Å². The number of halogens is 1. The van der Waals surface area contributed by atoms with Crippen LogP contribution in [0.1, 0.15) is 23.6 Å². The zero-order valence-corrected chi connectivity index (χ0v) is 14.9. The molecular weight excluding hydrogens is 350 g/mol. The standard InChI is InChI=1S/C16H16ClN3OS2/c1-2-21-15(12-6-4-3-5-7-12)20-11-18-19-16(20)22-10-13-8-9-14(17)23-13/h3-9,11,15H,2,10H2,1H3. The number of hydrogen-bond donors (Lipinski definition) is 0. The number of rotatable bonds is 7. The van der Waals surface area contributed by atoms with Crippen molar-refractivity contribution >= 4 is 34.7 Å². The van der Waals surface area contributed by atoms with Crippen LogP contribution in [0.5, 0.6) is 0 Å². The molecule has 7 heteroatoms. The summed E-state index contributed by atoms with van der Waals surface area (Å²) in [6, 6.07) is 14.1. The van der Waals surface area contributed by atoms with E-state index in [-0.39, 0.29) is 6.23 Å². The van der Waals surface area contributed by atoms with Crippen LogP contribution in [0.2, 0.25) is 4.34 Å². The van der Waals surface area contributed by atoms with Gasteiger partial charge in [-0.1, -0.05) is 53.7 Å². The molecule has 0 saturated carbocycles. The Labute approximate surface area is 148 Å². The second kappa shape index (κ2) is 7.97. The van der Waals surface area contributed by atoms with E-state index in [1.807, 2.05) is 54.0 Å².